The lowest BCUT2D eigenvalue weighted by molar-refractivity contribution is -0.144. The van der Waals surface area contributed by atoms with E-state index in [9.17, 15) is 13.2 Å². The summed E-state index contributed by atoms with van der Waals surface area (Å²) in [6.07, 6.45) is -3.55. The van der Waals surface area contributed by atoms with Crippen molar-refractivity contribution in [3.05, 3.63) is 5.82 Å². The summed E-state index contributed by atoms with van der Waals surface area (Å²) < 4.78 is 40.5. The van der Waals surface area contributed by atoms with Gasteiger partial charge in [0.05, 0.1) is 0 Å². The van der Waals surface area contributed by atoms with Crippen molar-refractivity contribution in [2.45, 2.75) is 25.6 Å². The molecular formula is C9H13F3N4S. The Kier molecular flexibility index (Phi) is 3.26. The summed E-state index contributed by atoms with van der Waals surface area (Å²) in [6, 6.07) is 0.0593. The lowest BCUT2D eigenvalue weighted by Gasteiger charge is -2.24. The van der Waals surface area contributed by atoms with Crippen LogP contribution in [0.5, 0.6) is 0 Å². The summed E-state index contributed by atoms with van der Waals surface area (Å²) >= 11 is 0.784. The molecule has 1 saturated heterocycles. The van der Waals surface area contributed by atoms with Crippen LogP contribution in [0.1, 0.15) is 19.2 Å². The molecule has 1 fully saturated rings. The molecule has 0 spiro atoms. The minimum absolute atomic E-state index is 0.0593. The molecule has 0 bridgehead atoms. The van der Waals surface area contributed by atoms with Crippen molar-refractivity contribution in [2.75, 3.05) is 18.0 Å². The zero-order valence-electron chi connectivity index (χ0n) is 9.24. The number of anilines is 1. The van der Waals surface area contributed by atoms with Crippen molar-refractivity contribution in [3.63, 3.8) is 0 Å². The van der Waals surface area contributed by atoms with Crippen LogP contribution in [0.25, 0.3) is 0 Å². The van der Waals surface area contributed by atoms with Gasteiger partial charge in [-0.1, -0.05) is 6.92 Å². The van der Waals surface area contributed by atoms with Gasteiger partial charge in [-0.3, -0.25) is 0 Å². The Morgan fingerprint density at radius 1 is 1.53 bits per heavy atom. The van der Waals surface area contributed by atoms with Crippen LogP contribution in [0, 0.1) is 5.92 Å². The average molecular weight is 266 g/mol. The normalized spacial score (nSPS) is 25.6. The van der Waals surface area contributed by atoms with E-state index in [2.05, 4.69) is 9.36 Å². The summed E-state index contributed by atoms with van der Waals surface area (Å²) in [5.41, 5.74) is 5.64. The van der Waals surface area contributed by atoms with Crippen molar-refractivity contribution in [2.24, 2.45) is 11.7 Å². The Bertz CT molecular complexity index is 392. The van der Waals surface area contributed by atoms with Crippen molar-refractivity contribution in [1.29, 1.82) is 0 Å². The van der Waals surface area contributed by atoms with E-state index >= 15 is 0 Å². The van der Waals surface area contributed by atoms with Gasteiger partial charge < -0.3 is 10.6 Å². The average Bonchev–Trinajstić information content (AvgIpc) is 2.82. The minimum Gasteiger partial charge on any atom is -0.342 e. The molecule has 8 heteroatoms. The van der Waals surface area contributed by atoms with E-state index in [1.165, 1.54) is 0 Å². The number of nitrogens with two attached hydrogens (primary N) is 1. The van der Waals surface area contributed by atoms with Crippen LogP contribution < -0.4 is 10.6 Å². The molecule has 0 aliphatic carbocycles. The Morgan fingerprint density at radius 3 is 2.76 bits per heavy atom. The molecule has 4 nitrogen and oxygen atoms in total. The molecule has 0 amide bonds. The Labute approximate surface area is 101 Å². The van der Waals surface area contributed by atoms with Crippen LogP contribution in [0.4, 0.5) is 18.3 Å². The minimum atomic E-state index is -4.47. The summed E-state index contributed by atoms with van der Waals surface area (Å²) in [7, 11) is 0. The van der Waals surface area contributed by atoms with Crippen LogP contribution in [0.2, 0.25) is 0 Å². The fourth-order valence-electron chi connectivity index (χ4n) is 2.05. The molecule has 0 saturated carbocycles. The van der Waals surface area contributed by atoms with Gasteiger partial charge in [-0.15, -0.1) is 0 Å². The molecular weight excluding hydrogens is 253 g/mol. The predicted octanol–water partition coefficient (Wildman–Crippen LogP) is 1.73. The molecule has 1 aliphatic rings. The van der Waals surface area contributed by atoms with E-state index < -0.39 is 12.0 Å². The Balaban J connectivity index is 2.21. The first kappa shape index (κ1) is 12.6. The Hall–Kier alpha value is -0.890. The highest BCUT2D eigenvalue weighted by Crippen LogP contribution is 2.34. The maximum Gasteiger partial charge on any atom is 0.452 e. The van der Waals surface area contributed by atoms with E-state index in [0.29, 0.717) is 24.1 Å². The Morgan fingerprint density at radius 2 is 2.24 bits per heavy atom. The number of nitrogens with zero attached hydrogens (tertiary/aromatic N) is 3. The second-order valence-electron chi connectivity index (χ2n) is 4.16. The highest BCUT2D eigenvalue weighted by Gasteiger charge is 2.38. The molecule has 0 radical (unpaired) electrons. The summed E-state index contributed by atoms with van der Waals surface area (Å²) in [6.45, 7) is 3.15. The van der Waals surface area contributed by atoms with E-state index in [4.69, 9.17) is 5.73 Å². The molecule has 1 aliphatic heterocycles. The van der Waals surface area contributed by atoms with Gasteiger partial charge in [-0.05, 0) is 12.3 Å². The first-order valence-electron chi connectivity index (χ1n) is 5.31. The molecule has 2 unspecified atom stereocenters. The monoisotopic (exact) mass is 266 g/mol. The second-order valence-corrected chi connectivity index (χ2v) is 4.89. The number of rotatable bonds is 2. The number of hydrogen-bond donors (Lipinski definition) is 1. The van der Waals surface area contributed by atoms with E-state index in [1.807, 2.05) is 11.8 Å². The molecule has 96 valence electrons. The fourth-order valence-corrected chi connectivity index (χ4v) is 2.82. The van der Waals surface area contributed by atoms with Crippen molar-refractivity contribution in [3.8, 4) is 0 Å². The van der Waals surface area contributed by atoms with Gasteiger partial charge >= 0.3 is 6.18 Å². The standard InChI is InChI=1S/C9H13F3N4S/c1-5-2-3-16(6(5)4-13)8-14-7(15-17-8)9(10,11)12/h5-6H,2-4,13H2,1H3. The third-order valence-corrected chi connectivity index (χ3v) is 3.79. The second kappa shape index (κ2) is 4.41. The van der Waals surface area contributed by atoms with Gasteiger partial charge in [0.1, 0.15) is 0 Å². The van der Waals surface area contributed by atoms with Gasteiger partial charge in [-0.2, -0.15) is 22.5 Å². The zero-order valence-corrected chi connectivity index (χ0v) is 10.1. The number of halogens is 3. The summed E-state index contributed by atoms with van der Waals surface area (Å²) in [4.78, 5) is 5.38. The van der Waals surface area contributed by atoms with E-state index in [0.717, 1.165) is 18.0 Å². The lowest BCUT2D eigenvalue weighted by atomic mass is 10.0. The van der Waals surface area contributed by atoms with Gasteiger partial charge in [0.25, 0.3) is 0 Å². The smallest absolute Gasteiger partial charge is 0.342 e. The largest absolute Gasteiger partial charge is 0.452 e. The first-order valence-corrected chi connectivity index (χ1v) is 6.08. The van der Waals surface area contributed by atoms with Crippen molar-refractivity contribution >= 4 is 16.7 Å². The van der Waals surface area contributed by atoms with Crippen LogP contribution in [0.3, 0.4) is 0 Å². The van der Waals surface area contributed by atoms with Crippen molar-refractivity contribution in [1.82, 2.24) is 9.36 Å². The summed E-state index contributed by atoms with van der Waals surface area (Å²) in [5.74, 6) is -0.689. The van der Waals surface area contributed by atoms with Gasteiger partial charge in [0.2, 0.25) is 11.0 Å². The summed E-state index contributed by atoms with van der Waals surface area (Å²) in [5, 5.41) is 0.317. The van der Waals surface area contributed by atoms with Gasteiger partial charge in [0.15, 0.2) is 0 Å². The quantitative estimate of drug-likeness (QED) is 0.885. The van der Waals surface area contributed by atoms with E-state index in [-0.39, 0.29) is 6.04 Å². The van der Waals surface area contributed by atoms with Crippen LogP contribution in [-0.4, -0.2) is 28.5 Å². The first-order chi connectivity index (χ1) is 7.93. The molecule has 2 rings (SSSR count). The highest BCUT2D eigenvalue weighted by atomic mass is 32.1. The third-order valence-electron chi connectivity index (χ3n) is 3.04. The molecule has 1 aromatic rings. The zero-order chi connectivity index (χ0) is 12.6. The van der Waals surface area contributed by atoms with Gasteiger partial charge in [-0.25, -0.2) is 0 Å². The molecule has 2 atom stereocenters. The molecule has 2 heterocycles. The maximum absolute atomic E-state index is 12.4. The van der Waals surface area contributed by atoms with Crippen LogP contribution in [-0.2, 0) is 6.18 Å². The molecule has 2 N–H and O–H groups in total. The van der Waals surface area contributed by atoms with E-state index in [1.54, 1.807) is 0 Å². The van der Waals surface area contributed by atoms with Gasteiger partial charge in [0, 0.05) is 30.7 Å². The number of alkyl halides is 3. The molecule has 1 aromatic heterocycles. The molecule has 17 heavy (non-hydrogen) atoms. The van der Waals surface area contributed by atoms with Crippen LogP contribution >= 0.6 is 11.5 Å². The number of aromatic nitrogens is 2. The van der Waals surface area contributed by atoms with Crippen LogP contribution in [0.15, 0.2) is 0 Å². The van der Waals surface area contributed by atoms with Crippen molar-refractivity contribution < 1.29 is 13.2 Å². The lowest BCUT2D eigenvalue weighted by Crippen LogP contribution is -2.38. The maximum atomic E-state index is 12.4. The predicted molar refractivity (Wildman–Crippen MR) is 58.9 cm³/mol. The topological polar surface area (TPSA) is 55.0 Å². The third kappa shape index (κ3) is 2.37. The highest BCUT2D eigenvalue weighted by molar-refractivity contribution is 7.09. The fraction of sp³-hybridized carbons (Fsp3) is 0.778. The number of hydrogen-bond acceptors (Lipinski definition) is 5. The SMILES string of the molecule is CC1CCN(c2nc(C(F)(F)F)ns2)C1CN. The molecule has 0 aromatic carbocycles.